The van der Waals surface area contributed by atoms with E-state index in [9.17, 15) is 4.79 Å². The average molecular weight is 405 g/mol. The monoisotopic (exact) mass is 404 g/mol. The van der Waals surface area contributed by atoms with E-state index < -0.39 is 0 Å². The molecule has 1 amide bonds. The van der Waals surface area contributed by atoms with Gasteiger partial charge in [-0.1, -0.05) is 29.8 Å². The quantitative estimate of drug-likeness (QED) is 0.643. The number of para-hydroxylation sites is 2. The number of nitrogens with zero attached hydrogens (tertiary/aromatic N) is 2. The standard InChI is InChI=1S/C24H28N4O2/c1-3-30-22-7-5-4-6-21(22)27-24(29)20-16-26-28(19-10-8-17(2)9-11-19)23(20)18-12-14-25-15-13-18/h4-11,16,18,25H,3,12-15H2,1-2H3,(H,27,29). The molecule has 1 fully saturated rings. The lowest BCUT2D eigenvalue weighted by atomic mass is 9.91. The van der Waals surface area contributed by atoms with Gasteiger partial charge in [0.25, 0.3) is 5.91 Å². The lowest BCUT2D eigenvalue weighted by Gasteiger charge is -2.25. The van der Waals surface area contributed by atoms with E-state index in [1.165, 1.54) is 5.56 Å². The van der Waals surface area contributed by atoms with E-state index in [1.54, 1.807) is 6.20 Å². The fourth-order valence-electron chi connectivity index (χ4n) is 3.95. The first kappa shape index (κ1) is 20.2. The van der Waals surface area contributed by atoms with Crippen molar-refractivity contribution in [1.82, 2.24) is 15.1 Å². The van der Waals surface area contributed by atoms with Gasteiger partial charge in [-0.05, 0) is 64.0 Å². The zero-order chi connectivity index (χ0) is 20.9. The summed E-state index contributed by atoms with van der Waals surface area (Å²) in [7, 11) is 0. The summed E-state index contributed by atoms with van der Waals surface area (Å²) < 4.78 is 7.59. The molecule has 0 bridgehead atoms. The van der Waals surface area contributed by atoms with Gasteiger partial charge in [0.15, 0.2) is 0 Å². The number of amides is 1. The Morgan fingerprint density at radius 3 is 2.63 bits per heavy atom. The molecule has 0 aliphatic carbocycles. The Labute approximate surface area is 177 Å². The summed E-state index contributed by atoms with van der Waals surface area (Å²) in [6.45, 7) is 6.42. The predicted octanol–water partition coefficient (Wildman–Crippen LogP) is 4.30. The number of ether oxygens (including phenoxy) is 1. The summed E-state index contributed by atoms with van der Waals surface area (Å²) >= 11 is 0. The maximum atomic E-state index is 13.3. The highest BCUT2D eigenvalue weighted by atomic mass is 16.5. The van der Waals surface area contributed by atoms with Crippen LogP contribution in [0.2, 0.25) is 0 Å². The van der Waals surface area contributed by atoms with Crippen molar-refractivity contribution in [2.45, 2.75) is 32.6 Å². The number of rotatable bonds is 6. The lowest BCUT2D eigenvalue weighted by molar-refractivity contribution is 0.102. The molecule has 6 heteroatoms. The van der Waals surface area contributed by atoms with Crippen LogP contribution in [0.15, 0.2) is 54.7 Å². The minimum Gasteiger partial charge on any atom is -0.492 e. The van der Waals surface area contributed by atoms with Crippen molar-refractivity contribution in [3.8, 4) is 11.4 Å². The van der Waals surface area contributed by atoms with Gasteiger partial charge in [-0.2, -0.15) is 5.10 Å². The van der Waals surface area contributed by atoms with E-state index >= 15 is 0 Å². The Morgan fingerprint density at radius 1 is 1.17 bits per heavy atom. The van der Waals surface area contributed by atoms with E-state index in [0.717, 1.165) is 37.3 Å². The number of anilines is 1. The number of carbonyl (C=O) groups excluding carboxylic acids is 1. The number of benzene rings is 2. The normalized spacial score (nSPS) is 14.5. The van der Waals surface area contributed by atoms with Gasteiger partial charge in [0.2, 0.25) is 0 Å². The first-order valence-corrected chi connectivity index (χ1v) is 10.6. The molecule has 30 heavy (non-hydrogen) atoms. The molecule has 0 atom stereocenters. The molecule has 0 spiro atoms. The van der Waals surface area contributed by atoms with Gasteiger partial charge in [-0.15, -0.1) is 0 Å². The zero-order valence-corrected chi connectivity index (χ0v) is 17.5. The minimum absolute atomic E-state index is 0.158. The highest BCUT2D eigenvalue weighted by Gasteiger charge is 2.27. The minimum atomic E-state index is -0.158. The van der Waals surface area contributed by atoms with Crippen LogP contribution in [0.25, 0.3) is 5.69 Å². The summed E-state index contributed by atoms with van der Waals surface area (Å²) in [4.78, 5) is 13.3. The number of nitrogens with one attached hydrogen (secondary N) is 2. The number of piperidine rings is 1. The van der Waals surface area contributed by atoms with E-state index in [4.69, 9.17) is 4.74 Å². The highest BCUT2D eigenvalue weighted by Crippen LogP contribution is 2.31. The van der Waals surface area contributed by atoms with Crippen LogP contribution in [0.4, 0.5) is 5.69 Å². The topological polar surface area (TPSA) is 68.2 Å². The lowest BCUT2D eigenvalue weighted by Crippen LogP contribution is -2.29. The molecule has 2 N–H and O–H groups in total. The summed E-state index contributed by atoms with van der Waals surface area (Å²) in [5.41, 5.74) is 4.44. The molecule has 1 aliphatic rings. The van der Waals surface area contributed by atoms with Gasteiger partial charge >= 0.3 is 0 Å². The first-order valence-electron chi connectivity index (χ1n) is 10.6. The van der Waals surface area contributed by atoms with Crippen molar-refractivity contribution < 1.29 is 9.53 Å². The summed E-state index contributed by atoms with van der Waals surface area (Å²) in [5.74, 6) is 0.787. The number of aromatic nitrogens is 2. The molecule has 1 aromatic heterocycles. The van der Waals surface area contributed by atoms with Crippen LogP contribution in [0.1, 0.15) is 47.3 Å². The number of hydrogen-bond acceptors (Lipinski definition) is 4. The van der Waals surface area contributed by atoms with E-state index in [0.29, 0.717) is 23.6 Å². The second-order valence-corrected chi connectivity index (χ2v) is 7.60. The molecule has 0 unspecified atom stereocenters. The van der Waals surface area contributed by atoms with E-state index in [1.807, 2.05) is 35.9 Å². The fraction of sp³-hybridized carbons (Fsp3) is 0.333. The third-order valence-corrected chi connectivity index (χ3v) is 5.49. The van der Waals surface area contributed by atoms with Gasteiger partial charge < -0.3 is 15.4 Å². The summed E-state index contributed by atoms with van der Waals surface area (Å²) in [5, 5.41) is 11.1. The Kier molecular flexibility index (Phi) is 6.14. The van der Waals surface area contributed by atoms with E-state index in [-0.39, 0.29) is 11.8 Å². The van der Waals surface area contributed by atoms with Crippen LogP contribution >= 0.6 is 0 Å². The molecule has 3 aromatic rings. The van der Waals surface area contributed by atoms with Crippen molar-refractivity contribution in [2.75, 3.05) is 25.0 Å². The number of carbonyl (C=O) groups is 1. The second-order valence-electron chi connectivity index (χ2n) is 7.60. The third-order valence-electron chi connectivity index (χ3n) is 5.49. The molecule has 156 valence electrons. The van der Waals surface area contributed by atoms with E-state index in [2.05, 4.69) is 46.9 Å². The van der Waals surface area contributed by atoms with Gasteiger partial charge in [0.1, 0.15) is 5.75 Å². The van der Waals surface area contributed by atoms with Gasteiger partial charge in [0.05, 0.1) is 35.4 Å². The molecule has 4 rings (SSSR count). The predicted molar refractivity (Wildman–Crippen MR) is 119 cm³/mol. The SMILES string of the molecule is CCOc1ccccc1NC(=O)c1cnn(-c2ccc(C)cc2)c1C1CCNCC1. The van der Waals surface area contributed by atoms with Crippen LogP contribution < -0.4 is 15.4 Å². The zero-order valence-electron chi connectivity index (χ0n) is 17.5. The third kappa shape index (κ3) is 4.24. The fourth-order valence-corrected chi connectivity index (χ4v) is 3.95. The van der Waals surface area contributed by atoms with Gasteiger partial charge in [-0.3, -0.25) is 4.79 Å². The van der Waals surface area contributed by atoms with Crippen molar-refractivity contribution in [3.05, 3.63) is 71.5 Å². The Morgan fingerprint density at radius 2 is 1.90 bits per heavy atom. The van der Waals surface area contributed by atoms with Crippen molar-refractivity contribution in [3.63, 3.8) is 0 Å². The van der Waals surface area contributed by atoms with Crippen LogP contribution in [-0.4, -0.2) is 35.4 Å². The summed E-state index contributed by atoms with van der Waals surface area (Å²) in [6.07, 6.45) is 3.65. The Balaban J connectivity index is 1.70. The first-order chi connectivity index (χ1) is 14.7. The maximum absolute atomic E-state index is 13.3. The van der Waals surface area contributed by atoms with Gasteiger partial charge in [-0.25, -0.2) is 4.68 Å². The molecular formula is C24H28N4O2. The second kappa shape index (κ2) is 9.13. The van der Waals surface area contributed by atoms with Crippen molar-refractivity contribution >= 4 is 11.6 Å². The average Bonchev–Trinajstić information content (AvgIpc) is 3.22. The van der Waals surface area contributed by atoms with Crippen LogP contribution in [0.3, 0.4) is 0 Å². The Bertz CT molecular complexity index is 1000. The molecule has 1 saturated heterocycles. The van der Waals surface area contributed by atoms with Crippen molar-refractivity contribution in [2.24, 2.45) is 0 Å². The molecule has 0 saturated carbocycles. The van der Waals surface area contributed by atoms with Crippen LogP contribution in [0.5, 0.6) is 5.75 Å². The van der Waals surface area contributed by atoms with Crippen LogP contribution in [-0.2, 0) is 0 Å². The molecule has 2 heterocycles. The molecule has 1 aliphatic heterocycles. The largest absolute Gasteiger partial charge is 0.492 e. The molecule has 0 radical (unpaired) electrons. The highest BCUT2D eigenvalue weighted by molar-refractivity contribution is 6.05. The number of aryl methyl sites for hydroxylation is 1. The van der Waals surface area contributed by atoms with Crippen LogP contribution in [0, 0.1) is 6.92 Å². The molecular weight excluding hydrogens is 376 g/mol. The van der Waals surface area contributed by atoms with Gasteiger partial charge in [0, 0.05) is 5.92 Å². The maximum Gasteiger partial charge on any atom is 0.259 e. The molecule has 2 aromatic carbocycles. The van der Waals surface area contributed by atoms with Crippen molar-refractivity contribution in [1.29, 1.82) is 0 Å². The molecule has 6 nitrogen and oxygen atoms in total. The summed E-state index contributed by atoms with van der Waals surface area (Å²) in [6, 6.07) is 15.8. The Hall–Kier alpha value is -3.12. The number of hydrogen-bond donors (Lipinski definition) is 2. The smallest absolute Gasteiger partial charge is 0.259 e.